The first-order chi connectivity index (χ1) is 14.6. The van der Waals surface area contributed by atoms with Gasteiger partial charge < -0.3 is 9.64 Å². The quantitative estimate of drug-likeness (QED) is 0.550. The number of carbonyl (C=O) groups is 1. The van der Waals surface area contributed by atoms with Gasteiger partial charge in [0.2, 0.25) is 5.91 Å². The van der Waals surface area contributed by atoms with Gasteiger partial charge in [-0.1, -0.05) is 12.1 Å². The second-order valence-electron chi connectivity index (χ2n) is 7.32. The number of hydrogen-bond donors (Lipinski definition) is 0. The number of rotatable bonds is 6. The van der Waals surface area contributed by atoms with Gasteiger partial charge in [0.25, 0.3) is 0 Å². The van der Waals surface area contributed by atoms with E-state index in [1.807, 2.05) is 34.5 Å². The maximum absolute atomic E-state index is 13.1. The summed E-state index contributed by atoms with van der Waals surface area (Å²) in [4.78, 5) is 21.6. The molecular weight excluding hydrogens is 437 g/mol. The van der Waals surface area contributed by atoms with Crippen molar-refractivity contribution in [1.29, 1.82) is 0 Å². The predicted octanol–water partition coefficient (Wildman–Crippen LogP) is 4.27. The van der Waals surface area contributed by atoms with E-state index in [1.54, 1.807) is 30.6 Å². The van der Waals surface area contributed by atoms with E-state index in [4.69, 9.17) is 9.72 Å². The molecule has 1 saturated heterocycles. The average Bonchev–Trinajstić information content (AvgIpc) is 3.23. The summed E-state index contributed by atoms with van der Waals surface area (Å²) in [5.41, 5.74) is 2.80. The van der Waals surface area contributed by atoms with Gasteiger partial charge in [-0.3, -0.25) is 9.69 Å². The van der Waals surface area contributed by atoms with E-state index in [9.17, 15) is 9.18 Å². The average molecular weight is 462 g/mol. The van der Waals surface area contributed by atoms with E-state index < -0.39 is 0 Å². The molecule has 3 aromatic rings. The highest BCUT2D eigenvalue weighted by atomic mass is 35.5. The molecule has 0 atom stereocenters. The van der Waals surface area contributed by atoms with E-state index in [-0.39, 0.29) is 24.1 Å². The van der Waals surface area contributed by atoms with Crippen LogP contribution in [0, 0.1) is 5.82 Å². The standard InChI is InChI=1S/C23H24FN3O2S.ClH/c1-29-20-8-2-17(3-9-20)14-23(28)27-12-10-26(11-13-27)15-22-25-21(16-30-22)18-4-6-19(24)7-5-18;/h2-9,16H,10-15H2,1H3;1H. The highest BCUT2D eigenvalue weighted by Gasteiger charge is 2.22. The Labute approximate surface area is 191 Å². The van der Waals surface area contributed by atoms with Gasteiger partial charge >= 0.3 is 0 Å². The van der Waals surface area contributed by atoms with Crippen LogP contribution in [0.2, 0.25) is 0 Å². The number of amides is 1. The van der Waals surface area contributed by atoms with Crippen molar-refractivity contribution in [3.8, 4) is 17.0 Å². The van der Waals surface area contributed by atoms with Gasteiger partial charge in [-0.2, -0.15) is 0 Å². The van der Waals surface area contributed by atoms with Crippen molar-refractivity contribution in [3.63, 3.8) is 0 Å². The maximum Gasteiger partial charge on any atom is 0.227 e. The van der Waals surface area contributed by atoms with Crippen molar-refractivity contribution in [2.24, 2.45) is 0 Å². The molecule has 5 nitrogen and oxygen atoms in total. The largest absolute Gasteiger partial charge is 0.497 e. The number of methoxy groups -OCH3 is 1. The van der Waals surface area contributed by atoms with E-state index in [0.717, 1.165) is 60.3 Å². The Balaban J connectivity index is 0.00000272. The number of aromatic nitrogens is 1. The summed E-state index contributed by atoms with van der Waals surface area (Å²) in [7, 11) is 1.63. The summed E-state index contributed by atoms with van der Waals surface area (Å²) >= 11 is 1.62. The Kier molecular flexibility index (Phi) is 8.01. The van der Waals surface area contributed by atoms with E-state index in [2.05, 4.69) is 4.90 Å². The van der Waals surface area contributed by atoms with E-state index in [0.29, 0.717) is 6.42 Å². The number of piperazine rings is 1. The maximum atomic E-state index is 13.1. The van der Waals surface area contributed by atoms with E-state index in [1.165, 1.54) is 12.1 Å². The smallest absolute Gasteiger partial charge is 0.227 e. The van der Waals surface area contributed by atoms with Crippen molar-refractivity contribution < 1.29 is 13.9 Å². The molecule has 4 rings (SSSR count). The van der Waals surface area contributed by atoms with Crippen LogP contribution in [0.15, 0.2) is 53.9 Å². The molecule has 164 valence electrons. The summed E-state index contributed by atoms with van der Waals surface area (Å²) in [5.74, 6) is 0.714. The number of carbonyl (C=O) groups excluding carboxylic acids is 1. The third-order valence-corrected chi connectivity index (χ3v) is 6.12. The number of thiazole rings is 1. The Morgan fingerprint density at radius 3 is 2.39 bits per heavy atom. The summed E-state index contributed by atoms with van der Waals surface area (Å²) in [5, 5.41) is 3.05. The molecule has 1 amide bonds. The molecule has 0 spiro atoms. The Morgan fingerprint density at radius 2 is 1.74 bits per heavy atom. The minimum absolute atomic E-state index is 0. The van der Waals surface area contributed by atoms with Crippen LogP contribution in [-0.2, 0) is 17.8 Å². The third-order valence-electron chi connectivity index (χ3n) is 5.29. The molecule has 1 fully saturated rings. The normalized spacial score (nSPS) is 14.2. The summed E-state index contributed by atoms with van der Waals surface area (Å²) in [6.45, 7) is 3.89. The minimum Gasteiger partial charge on any atom is -0.497 e. The number of nitrogens with zero attached hydrogens (tertiary/aromatic N) is 3. The fraction of sp³-hybridized carbons (Fsp3) is 0.304. The molecule has 1 aliphatic heterocycles. The molecule has 0 N–H and O–H groups in total. The van der Waals surface area contributed by atoms with Crippen LogP contribution in [0.4, 0.5) is 4.39 Å². The van der Waals surface area contributed by atoms with Crippen LogP contribution in [0.25, 0.3) is 11.3 Å². The summed E-state index contributed by atoms with van der Waals surface area (Å²) in [6.07, 6.45) is 0.414. The highest BCUT2D eigenvalue weighted by Crippen LogP contribution is 2.23. The van der Waals surface area contributed by atoms with Crippen LogP contribution in [0.5, 0.6) is 5.75 Å². The molecule has 0 unspecified atom stereocenters. The molecule has 8 heteroatoms. The van der Waals surface area contributed by atoms with Gasteiger partial charge in [-0.25, -0.2) is 9.37 Å². The number of benzene rings is 2. The van der Waals surface area contributed by atoms with Gasteiger partial charge in [0.15, 0.2) is 0 Å². The van der Waals surface area contributed by atoms with E-state index >= 15 is 0 Å². The Hall–Kier alpha value is -2.48. The molecule has 1 aromatic heterocycles. The lowest BCUT2D eigenvalue weighted by atomic mass is 10.1. The monoisotopic (exact) mass is 461 g/mol. The van der Waals surface area contributed by atoms with Crippen LogP contribution in [0.1, 0.15) is 10.6 Å². The SMILES string of the molecule is COc1ccc(CC(=O)N2CCN(Cc3nc(-c4ccc(F)cc4)cs3)CC2)cc1.Cl. The first-order valence-corrected chi connectivity index (χ1v) is 10.8. The summed E-state index contributed by atoms with van der Waals surface area (Å²) in [6, 6.07) is 14.1. The third kappa shape index (κ3) is 6.03. The molecule has 31 heavy (non-hydrogen) atoms. The predicted molar refractivity (Wildman–Crippen MR) is 123 cm³/mol. The van der Waals surface area contributed by atoms with Crippen molar-refractivity contribution in [2.45, 2.75) is 13.0 Å². The highest BCUT2D eigenvalue weighted by molar-refractivity contribution is 7.09. The lowest BCUT2D eigenvalue weighted by Crippen LogP contribution is -2.48. The summed E-state index contributed by atoms with van der Waals surface area (Å²) < 4.78 is 18.3. The Bertz CT molecular complexity index is 987. The molecule has 0 saturated carbocycles. The zero-order chi connectivity index (χ0) is 20.9. The zero-order valence-corrected chi connectivity index (χ0v) is 18.9. The number of halogens is 2. The van der Waals surface area contributed by atoms with Crippen molar-refractivity contribution in [3.05, 3.63) is 70.3 Å². The first kappa shape index (κ1) is 23.2. The first-order valence-electron chi connectivity index (χ1n) is 9.94. The second kappa shape index (κ2) is 10.7. The lowest BCUT2D eigenvalue weighted by Gasteiger charge is -2.34. The van der Waals surface area contributed by atoms with Crippen LogP contribution >= 0.6 is 23.7 Å². The molecule has 0 bridgehead atoms. The topological polar surface area (TPSA) is 45.7 Å². The van der Waals surface area contributed by atoms with Gasteiger partial charge in [-0.05, 0) is 42.0 Å². The molecule has 2 aromatic carbocycles. The van der Waals surface area contributed by atoms with Gasteiger partial charge in [0.1, 0.15) is 16.6 Å². The zero-order valence-electron chi connectivity index (χ0n) is 17.3. The fourth-order valence-corrected chi connectivity index (χ4v) is 4.36. The molecule has 2 heterocycles. The molecule has 1 aliphatic rings. The fourth-order valence-electron chi connectivity index (χ4n) is 3.51. The van der Waals surface area contributed by atoms with Gasteiger partial charge in [0.05, 0.1) is 25.8 Å². The number of hydrogen-bond acceptors (Lipinski definition) is 5. The van der Waals surface area contributed by atoms with Gasteiger partial charge in [0, 0.05) is 37.1 Å². The van der Waals surface area contributed by atoms with Gasteiger partial charge in [-0.15, -0.1) is 23.7 Å². The van der Waals surface area contributed by atoms with Crippen LogP contribution < -0.4 is 4.74 Å². The molecule has 0 radical (unpaired) electrons. The lowest BCUT2D eigenvalue weighted by molar-refractivity contribution is -0.132. The van der Waals surface area contributed by atoms with Crippen LogP contribution in [-0.4, -0.2) is 54.0 Å². The van der Waals surface area contributed by atoms with Crippen molar-refractivity contribution in [1.82, 2.24) is 14.8 Å². The van der Waals surface area contributed by atoms with Crippen molar-refractivity contribution in [2.75, 3.05) is 33.3 Å². The molecular formula is C23H25ClFN3O2S. The minimum atomic E-state index is -0.242. The number of ether oxygens (including phenoxy) is 1. The molecule has 0 aliphatic carbocycles. The van der Waals surface area contributed by atoms with Crippen molar-refractivity contribution >= 4 is 29.7 Å². The van der Waals surface area contributed by atoms with Crippen LogP contribution in [0.3, 0.4) is 0 Å². The Morgan fingerprint density at radius 1 is 1.06 bits per heavy atom. The second-order valence-corrected chi connectivity index (χ2v) is 8.26.